The van der Waals surface area contributed by atoms with Gasteiger partial charge in [-0.05, 0) is 25.5 Å². The van der Waals surface area contributed by atoms with Crippen molar-refractivity contribution >= 4 is 23.7 Å². The number of urea groups is 1. The summed E-state index contributed by atoms with van der Waals surface area (Å²) in [5.74, 6) is -1.74. The van der Waals surface area contributed by atoms with Crippen LogP contribution in [0.3, 0.4) is 0 Å². The van der Waals surface area contributed by atoms with E-state index in [0.717, 1.165) is 0 Å². The minimum absolute atomic E-state index is 0.0223. The van der Waals surface area contributed by atoms with Crippen LogP contribution in [0.5, 0.6) is 0 Å². The maximum absolute atomic E-state index is 11.7. The number of methoxy groups -OCH3 is 1. The molecule has 108 valence electrons. The highest BCUT2D eigenvalue weighted by Gasteiger charge is 2.18. The molecule has 0 saturated heterocycles. The molecule has 1 rings (SSSR count). The van der Waals surface area contributed by atoms with Gasteiger partial charge in [0.25, 0.3) is 0 Å². The van der Waals surface area contributed by atoms with Crippen molar-refractivity contribution in [2.75, 3.05) is 12.4 Å². The standard InChI is InChI=1S/C13H16N2O5/c1-7-5-4-6-9(11(16)17)10(7)15-13(19)14-8(2)12(18)20-3/h4-6,8H,1-3H3,(H,16,17)(H2,14,15,19). The first-order valence-electron chi connectivity index (χ1n) is 5.85. The zero-order chi connectivity index (χ0) is 15.3. The van der Waals surface area contributed by atoms with Gasteiger partial charge in [-0.1, -0.05) is 12.1 Å². The predicted molar refractivity (Wildman–Crippen MR) is 71.8 cm³/mol. The number of ether oxygens (including phenoxy) is 1. The summed E-state index contributed by atoms with van der Waals surface area (Å²) in [6, 6.07) is 3.12. The first-order chi connectivity index (χ1) is 9.36. The van der Waals surface area contributed by atoms with E-state index in [9.17, 15) is 14.4 Å². The molecule has 0 bridgehead atoms. The van der Waals surface area contributed by atoms with Gasteiger partial charge in [0.15, 0.2) is 0 Å². The molecule has 0 saturated carbocycles. The minimum Gasteiger partial charge on any atom is -0.478 e. The summed E-state index contributed by atoms with van der Waals surface area (Å²) in [5, 5.41) is 13.9. The minimum atomic E-state index is -1.15. The third-order valence-corrected chi connectivity index (χ3v) is 2.64. The van der Waals surface area contributed by atoms with Crippen LogP contribution in [0, 0.1) is 6.92 Å². The topological polar surface area (TPSA) is 105 Å². The van der Waals surface area contributed by atoms with Crippen molar-refractivity contribution in [1.82, 2.24) is 5.32 Å². The van der Waals surface area contributed by atoms with E-state index in [2.05, 4.69) is 15.4 Å². The van der Waals surface area contributed by atoms with Crippen LogP contribution >= 0.6 is 0 Å². The maximum atomic E-state index is 11.7. The highest BCUT2D eigenvalue weighted by atomic mass is 16.5. The van der Waals surface area contributed by atoms with Crippen LogP contribution in [0.2, 0.25) is 0 Å². The molecule has 2 amide bonds. The summed E-state index contributed by atoms with van der Waals surface area (Å²) in [6.07, 6.45) is 0. The molecule has 0 aliphatic carbocycles. The number of amides is 2. The summed E-state index contributed by atoms with van der Waals surface area (Å²) < 4.78 is 4.47. The zero-order valence-corrected chi connectivity index (χ0v) is 11.4. The number of anilines is 1. The van der Waals surface area contributed by atoms with Crippen molar-refractivity contribution in [2.45, 2.75) is 19.9 Å². The van der Waals surface area contributed by atoms with Gasteiger partial charge in [0.05, 0.1) is 18.4 Å². The Balaban J connectivity index is 2.86. The highest BCUT2D eigenvalue weighted by Crippen LogP contribution is 2.20. The normalized spacial score (nSPS) is 11.3. The van der Waals surface area contributed by atoms with E-state index in [1.165, 1.54) is 20.1 Å². The summed E-state index contributed by atoms with van der Waals surface area (Å²) in [5.41, 5.74) is 0.770. The molecule has 7 heteroatoms. The molecular formula is C13H16N2O5. The molecule has 0 fully saturated rings. The Morgan fingerprint density at radius 3 is 2.50 bits per heavy atom. The van der Waals surface area contributed by atoms with Gasteiger partial charge in [0.1, 0.15) is 6.04 Å². The molecule has 1 atom stereocenters. The van der Waals surface area contributed by atoms with E-state index in [1.54, 1.807) is 19.1 Å². The van der Waals surface area contributed by atoms with Crippen LogP contribution in [-0.2, 0) is 9.53 Å². The second-order valence-electron chi connectivity index (χ2n) is 4.15. The van der Waals surface area contributed by atoms with Crippen molar-refractivity contribution < 1.29 is 24.2 Å². The average Bonchev–Trinajstić information content (AvgIpc) is 2.39. The lowest BCUT2D eigenvalue weighted by Crippen LogP contribution is -2.41. The van der Waals surface area contributed by atoms with E-state index in [0.29, 0.717) is 5.56 Å². The zero-order valence-electron chi connectivity index (χ0n) is 11.4. The number of esters is 1. The summed E-state index contributed by atoms with van der Waals surface area (Å²) in [7, 11) is 1.21. The largest absolute Gasteiger partial charge is 0.478 e. The first-order valence-corrected chi connectivity index (χ1v) is 5.85. The van der Waals surface area contributed by atoms with Gasteiger partial charge in [0, 0.05) is 0 Å². The lowest BCUT2D eigenvalue weighted by atomic mass is 10.1. The Kier molecular flexibility index (Phi) is 5.08. The molecular weight excluding hydrogens is 264 g/mol. The summed E-state index contributed by atoms with van der Waals surface area (Å²) >= 11 is 0. The van der Waals surface area contributed by atoms with Gasteiger partial charge in [-0.2, -0.15) is 0 Å². The number of carbonyl (C=O) groups is 3. The summed E-state index contributed by atoms with van der Waals surface area (Å²) in [4.78, 5) is 34.0. The molecule has 1 aromatic carbocycles. The van der Waals surface area contributed by atoms with Crippen molar-refractivity contribution in [2.24, 2.45) is 0 Å². The third kappa shape index (κ3) is 3.71. The quantitative estimate of drug-likeness (QED) is 0.723. The van der Waals surface area contributed by atoms with Crippen LogP contribution in [0.4, 0.5) is 10.5 Å². The van der Waals surface area contributed by atoms with E-state index < -0.39 is 24.0 Å². The molecule has 1 unspecified atom stereocenters. The molecule has 3 N–H and O–H groups in total. The number of rotatable bonds is 4. The third-order valence-electron chi connectivity index (χ3n) is 2.64. The Bertz CT molecular complexity index is 542. The predicted octanol–water partition coefficient (Wildman–Crippen LogP) is 1.38. The van der Waals surface area contributed by atoms with Crippen LogP contribution < -0.4 is 10.6 Å². The second kappa shape index (κ2) is 6.55. The van der Waals surface area contributed by atoms with Gasteiger partial charge in [0.2, 0.25) is 0 Å². The molecule has 0 aliphatic rings. The lowest BCUT2D eigenvalue weighted by Gasteiger charge is -2.15. The van der Waals surface area contributed by atoms with E-state index in [4.69, 9.17) is 5.11 Å². The maximum Gasteiger partial charge on any atom is 0.337 e. The van der Waals surface area contributed by atoms with Gasteiger partial charge < -0.3 is 20.5 Å². The van der Waals surface area contributed by atoms with Crippen molar-refractivity contribution in [3.63, 3.8) is 0 Å². The number of carboxylic acid groups (broad SMARTS) is 1. The fraction of sp³-hybridized carbons (Fsp3) is 0.308. The molecule has 0 aliphatic heterocycles. The second-order valence-corrected chi connectivity index (χ2v) is 4.15. The Morgan fingerprint density at radius 1 is 1.30 bits per heavy atom. The van der Waals surface area contributed by atoms with Gasteiger partial charge in [-0.15, -0.1) is 0 Å². The van der Waals surface area contributed by atoms with Gasteiger partial charge >= 0.3 is 18.0 Å². The van der Waals surface area contributed by atoms with E-state index >= 15 is 0 Å². The van der Waals surface area contributed by atoms with Gasteiger partial charge in [-0.3, -0.25) is 0 Å². The highest BCUT2D eigenvalue weighted by molar-refractivity contribution is 6.01. The monoisotopic (exact) mass is 280 g/mol. The van der Waals surface area contributed by atoms with Crippen LogP contribution in [0.15, 0.2) is 18.2 Å². The Hall–Kier alpha value is -2.57. The molecule has 20 heavy (non-hydrogen) atoms. The first kappa shape index (κ1) is 15.5. The van der Waals surface area contributed by atoms with Crippen LogP contribution in [0.1, 0.15) is 22.8 Å². The molecule has 0 heterocycles. The van der Waals surface area contributed by atoms with Crippen LogP contribution in [0.25, 0.3) is 0 Å². The van der Waals surface area contributed by atoms with Crippen molar-refractivity contribution in [3.8, 4) is 0 Å². The number of hydrogen-bond acceptors (Lipinski definition) is 4. The van der Waals surface area contributed by atoms with Gasteiger partial charge in [-0.25, -0.2) is 14.4 Å². The Morgan fingerprint density at radius 2 is 1.95 bits per heavy atom. The number of nitrogens with one attached hydrogen (secondary N) is 2. The number of aryl methyl sites for hydroxylation is 1. The molecule has 0 radical (unpaired) electrons. The lowest BCUT2D eigenvalue weighted by molar-refractivity contribution is -0.142. The number of carboxylic acids is 1. The van der Waals surface area contributed by atoms with Crippen LogP contribution in [-0.4, -0.2) is 36.2 Å². The Labute approximate surface area is 115 Å². The van der Waals surface area contributed by atoms with Crippen molar-refractivity contribution in [1.29, 1.82) is 0 Å². The fourth-order valence-corrected chi connectivity index (χ4v) is 1.59. The molecule has 0 spiro atoms. The number of para-hydroxylation sites is 1. The SMILES string of the molecule is COC(=O)C(C)NC(=O)Nc1c(C)cccc1C(=O)O. The van der Waals surface area contributed by atoms with E-state index in [1.807, 2.05) is 0 Å². The average molecular weight is 280 g/mol. The number of benzene rings is 1. The number of carbonyl (C=O) groups excluding carboxylic acids is 2. The fourth-order valence-electron chi connectivity index (χ4n) is 1.59. The molecule has 0 aromatic heterocycles. The number of aromatic carboxylic acids is 1. The van der Waals surface area contributed by atoms with E-state index in [-0.39, 0.29) is 11.3 Å². The number of hydrogen-bond donors (Lipinski definition) is 3. The van der Waals surface area contributed by atoms with Crippen molar-refractivity contribution in [3.05, 3.63) is 29.3 Å². The molecule has 1 aromatic rings. The summed E-state index contributed by atoms with van der Waals surface area (Å²) in [6.45, 7) is 3.13. The smallest absolute Gasteiger partial charge is 0.337 e. The molecule has 7 nitrogen and oxygen atoms in total.